The molecular formula is C25H29NO5. The third kappa shape index (κ3) is 3.48. The molecule has 4 bridgehead atoms. The number of hydrogen-bond donors (Lipinski definition) is 4. The lowest BCUT2D eigenvalue weighted by molar-refractivity contribution is -0.00617. The van der Waals surface area contributed by atoms with E-state index in [1.165, 1.54) is 38.5 Å². The number of nitrogens with one attached hydrogen (secondary N) is 1. The van der Waals surface area contributed by atoms with Gasteiger partial charge in [-0.2, -0.15) is 0 Å². The summed E-state index contributed by atoms with van der Waals surface area (Å²) in [6, 6.07) is 7.90. The minimum Gasteiger partial charge on any atom is -0.508 e. The monoisotopic (exact) mass is 423 g/mol. The Morgan fingerprint density at radius 3 is 2.19 bits per heavy atom. The van der Waals surface area contributed by atoms with E-state index in [9.17, 15) is 20.1 Å². The molecule has 4 saturated carbocycles. The molecule has 4 aliphatic carbocycles. The molecule has 0 spiro atoms. The second kappa shape index (κ2) is 7.36. The van der Waals surface area contributed by atoms with Gasteiger partial charge >= 0.3 is 0 Å². The van der Waals surface area contributed by atoms with Crippen LogP contribution in [0.25, 0.3) is 0 Å². The van der Waals surface area contributed by atoms with Crippen LogP contribution in [0.3, 0.4) is 0 Å². The molecule has 0 atom stereocenters. The van der Waals surface area contributed by atoms with Crippen LogP contribution in [0.15, 0.2) is 30.3 Å². The summed E-state index contributed by atoms with van der Waals surface area (Å²) in [6.07, 6.45) is 7.03. The third-order valence-electron chi connectivity index (χ3n) is 7.70. The summed E-state index contributed by atoms with van der Waals surface area (Å²) in [5, 5.41) is 34.0. The van der Waals surface area contributed by atoms with Crippen molar-refractivity contribution >= 4 is 5.91 Å². The summed E-state index contributed by atoms with van der Waals surface area (Å²) in [7, 11) is 1.52. The largest absolute Gasteiger partial charge is 0.508 e. The first-order valence-corrected chi connectivity index (χ1v) is 11.1. The summed E-state index contributed by atoms with van der Waals surface area (Å²) in [4.78, 5) is 12.9. The zero-order valence-electron chi connectivity index (χ0n) is 17.7. The lowest BCUT2D eigenvalue weighted by atomic mass is 9.48. The summed E-state index contributed by atoms with van der Waals surface area (Å²) >= 11 is 0. The Bertz CT molecular complexity index is 996. The molecule has 0 radical (unpaired) electrons. The molecule has 6 rings (SSSR count). The van der Waals surface area contributed by atoms with Crippen molar-refractivity contribution in [2.24, 2.45) is 17.8 Å². The molecule has 0 saturated heterocycles. The minimum atomic E-state index is -0.432. The molecule has 1 amide bonds. The highest BCUT2D eigenvalue weighted by atomic mass is 16.5. The maximum Gasteiger partial charge on any atom is 0.255 e. The van der Waals surface area contributed by atoms with Crippen LogP contribution in [0, 0.1) is 17.8 Å². The number of hydrogen-bond acceptors (Lipinski definition) is 5. The number of carbonyl (C=O) groups is 1. The molecule has 4 aliphatic rings. The summed E-state index contributed by atoms with van der Waals surface area (Å²) < 4.78 is 5.08. The Labute approximate surface area is 181 Å². The number of rotatable bonds is 5. The average molecular weight is 424 g/mol. The fraction of sp³-hybridized carbons (Fsp3) is 0.480. The summed E-state index contributed by atoms with van der Waals surface area (Å²) in [5.74, 6) is 2.09. The van der Waals surface area contributed by atoms with Crippen molar-refractivity contribution in [2.75, 3.05) is 7.11 Å². The van der Waals surface area contributed by atoms with Gasteiger partial charge in [0.2, 0.25) is 0 Å². The molecule has 164 valence electrons. The molecule has 0 unspecified atom stereocenters. The van der Waals surface area contributed by atoms with Crippen LogP contribution in [0.4, 0.5) is 0 Å². The van der Waals surface area contributed by atoms with E-state index >= 15 is 0 Å². The first-order valence-electron chi connectivity index (χ1n) is 11.1. The van der Waals surface area contributed by atoms with Gasteiger partial charge in [0, 0.05) is 29.8 Å². The molecule has 0 heterocycles. The number of amides is 1. The highest BCUT2D eigenvalue weighted by Gasteiger charge is 2.52. The van der Waals surface area contributed by atoms with Crippen molar-refractivity contribution in [2.45, 2.75) is 50.5 Å². The smallest absolute Gasteiger partial charge is 0.255 e. The topological polar surface area (TPSA) is 99.0 Å². The molecule has 31 heavy (non-hydrogen) atoms. The number of carbonyl (C=O) groups excluding carboxylic acids is 1. The van der Waals surface area contributed by atoms with Crippen LogP contribution in [0.2, 0.25) is 0 Å². The average Bonchev–Trinajstić information content (AvgIpc) is 2.71. The first-order chi connectivity index (χ1) is 14.9. The zero-order valence-corrected chi connectivity index (χ0v) is 17.7. The number of phenolic OH excluding ortho intramolecular Hbond substituents is 3. The van der Waals surface area contributed by atoms with Gasteiger partial charge in [-0.3, -0.25) is 4.79 Å². The summed E-state index contributed by atoms with van der Waals surface area (Å²) in [6.45, 7) is 0.113. The molecule has 4 fully saturated rings. The Hall–Kier alpha value is -2.89. The van der Waals surface area contributed by atoms with E-state index < -0.39 is 5.91 Å². The van der Waals surface area contributed by atoms with Crippen LogP contribution < -0.4 is 10.1 Å². The fourth-order valence-corrected chi connectivity index (χ4v) is 6.72. The Kier molecular flexibility index (Phi) is 4.76. The molecule has 0 aromatic heterocycles. The molecule has 0 aliphatic heterocycles. The molecule has 6 nitrogen and oxygen atoms in total. The van der Waals surface area contributed by atoms with Gasteiger partial charge in [0.15, 0.2) is 0 Å². The van der Waals surface area contributed by atoms with E-state index in [1.807, 2.05) is 0 Å². The standard InChI is InChI=1S/C25H29NO5/c1-31-18-3-2-17(21(27)7-18)13-26-24(30)19-8-20(23(29)9-22(19)28)25-10-14-4-15(11-25)6-16(5-14)12-25/h2-3,7-9,14-16,27-29H,4-6,10-13H2,1H3,(H,26,30). The van der Waals surface area contributed by atoms with Crippen molar-refractivity contribution in [1.29, 1.82) is 0 Å². The molecule has 2 aromatic carbocycles. The number of benzene rings is 2. The highest BCUT2D eigenvalue weighted by Crippen LogP contribution is 2.62. The number of methoxy groups -OCH3 is 1. The predicted octanol–water partition coefficient (Wildman–Crippen LogP) is 4.21. The second-order valence-corrected chi connectivity index (χ2v) is 9.76. The summed E-state index contributed by atoms with van der Waals surface area (Å²) in [5.41, 5.74) is 1.43. The maximum absolute atomic E-state index is 12.9. The van der Waals surface area contributed by atoms with Gasteiger partial charge in [0.25, 0.3) is 5.91 Å². The lowest BCUT2D eigenvalue weighted by Crippen LogP contribution is -2.48. The van der Waals surface area contributed by atoms with Crippen molar-refractivity contribution in [3.63, 3.8) is 0 Å². The van der Waals surface area contributed by atoms with Gasteiger partial charge in [0.1, 0.15) is 23.0 Å². The van der Waals surface area contributed by atoms with Crippen LogP contribution >= 0.6 is 0 Å². The van der Waals surface area contributed by atoms with Crippen LogP contribution in [0.1, 0.15) is 60.0 Å². The van der Waals surface area contributed by atoms with Gasteiger partial charge < -0.3 is 25.4 Å². The predicted molar refractivity (Wildman–Crippen MR) is 115 cm³/mol. The van der Waals surface area contributed by atoms with Crippen LogP contribution in [-0.2, 0) is 12.0 Å². The van der Waals surface area contributed by atoms with Gasteiger partial charge in [-0.1, -0.05) is 0 Å². The SMILES string of the molecule is COc1ccc(CNC(=O)c2cc(C34CC5CC(CC(C5)C3)C4)c(O)cc2O)c(O)c1. The molecular weight excluding hydrogens is 394 g/mol. The van der Waals surface area contributed by atoms with E-state index in [0.29, 0.717) is 29.1 Å². The van der Waals surface area contributed by atoms with Gasteiger partial charge in [-0.25, -0.2) is 0 Å². The number of phenols is 3. The first kappa shape index (κ1) is 20.0. The molecule has 2 aromatic rings. The third-order valence-corrected chi connectivity index (χ3v) is 7.70. The second-order valence-electron chi connectivity index (χ2n) is 9.76. The van der Waals surface area contributed by atoms with Crippen molar-refractivity contribution in [3.05, 3.63) is 47.0 Å². The van der Waals surface area contributed by atoms with Crippen molar-refractivity contribution < 1.29 is 24.9 Å². The van der Waals surface area contributed by atoms with Crippen molar-refractivity contribution in [1.82, 2.24) is 5.32 Å². The zero-order chi connectivity index (χ0) is 21.8. The van der Waals surface area contributed by atoms with Crippen LogP contribution in [0.5, 0.6) is 23.0 Å². The van der Waals surface area contributed by atoms with E-state index in [2.05, 4.69) is 5.32 Å². The van der Waals surface area contributed by atoms with E-state index in [0.717, 1.165) is 24.8 Å². The van der Waals surface area contributed by atoms with Gasteiger partial charge in [0.05, 0.1) is 12.7 Å². The lowest BCUT2D eigenvalue weighted by Gasteiger charge is -2.57. The van der Waals surface area contributed by atoms with E-state index in [1.54, 1.807) is 18.2 Å². The number of aromatic hydroxyl groups is 3. The van der Waals surface area contributed by atoms with E-state index in [-0.39, 0.29) is 34.8 Å². The fourth-order valence-electron chi connectivity index (χ4n) is 6.72. The Morgan fingerprint density at radius 2 is 1.61 bits per heavy atom. The quantitative estimate of drug-likeness (QED) is 0.577. The molecule has 4 N–H and O–H groups in total. The van der Waals surface area contributed by atoms with E-state index in [4.69, 9.17) is 4.74 Å². The highest BCUT2D eigenvalue weighted by molar-refractivity contribution is 5.97. The van der Waals surface area contributed by atoms with Gasteiger partial charge in [-0.05, 0) is 79.9 Å². The normalized spacial score (nSPS) is 28.5. The van der Waals surface area contributed by atoms with Gasteiger partial charge in [-0.15, -0.1) is 0 Å². The maximum atomic E-state index is 12.9. The van der Waals surface area contributed by atoms with Crippen molar-refractivity contribution in [3.8, 4) is 23.0 Å². The Balaban J connectivity index is 1.39. The van der Waals surface area contributed by atoms with Crippen LogP contribution in [-0.4, -0.2) is 28.3 Å². The molecule has 6 heteroatoms. The minimum absolute atomic E-state index is 0.0313. The Morgan fingerprint density at radius 1 is 0.968 bits per heavy atom. The number of ether oxygens (including phenoxy) is 1.